The van der Waals surface area contributed by atoms with Crippen molar-refractivity contribution in [3.63, 3.8) is 0 Å². The van der Waals surface area contributed by atoms with E-state index in [0.717, 1.165) is 42.7 Å². The van der Waals surface area contributed by atoms with Crippen LogP contribution in [0.15, 0.2) is 12.3 Å². The number of rotatable bonds is 3. The summed E-state index contributed by atoms with van der Waals surface area (Å²) in [6, 6.07) is 1.96. The summed E-state index contributed by atoms with van der Waals surface area (Å²) in [5.74, 6) is 0.614. The summed E-state index contributed by atoms with van der Waals surface area (Å²) in [4.78, 5) is 22.7. The van der Waals surface area contributed by atoms with Gasteiger partial charge in [-0.2, -0.15) is 0 Å². The number of amides is 1. The molecule has 3 rings (SSSR count). The fourth-order valence-electron chi connectivity index (χ4n) is 2.68. The highest BCUT2D eigenvalue weighted by Crippen LogP contribution is 2.18. The van der Waals surface area contributed by atoms with Crippen molar-refractivity contribution < 1.29 is 4.79 Å². The van der Waals surface area contributed by atoms with Crippen LogP contribution in [-0.4, -0.2) is 38.4 Å². The van der Waals surface area contributed by atoms with Crippen molar-refractivity contribution in [2.75, 3.05) is 18.8 Å². The summed E-state index contributed by atoms with van der Waals surface area (Å²) < 4.78 is 1.82. The van der Waals surface area contributed by atoms with Crippen LogP contribution in [0.25, 0.3) is 11.2 Å². The van der Waals surface area contributed by atoms with Crippen LogP contribution in [0.3, 0.4) is 0 Å². The summed E-state index contributed by atoms with van der Waals surface area (Å²) in [6.45, 7) is 4.28. The van der Waals surface area contributed by atoms with Crippen molar-refractivity contribution in [3.8, 4) is 0 Å². The van der Waals surface area contributed by atoms with E-state index in [1.807, 2.05) is 22.5 Å². The largest absolute Gasteiger partial charge is 0.369 e. The lowest BCUT2D eigenvalue weighted by molar-refractivity contribution is -0.130. The first-order chi connectivity index (χ1) is 9.65. The second-order valence-electron chi connectivity index (χ2n) is 5.31. The summed E-state index contributed by atoms with van der Waals surface area (Å²) in [6.07, 6.45) is 4.47. The van der Waals surface area contributed by atoms with Crippen LogP contribution < -0.4 is 5.73 Å². The lowest BCUT2D eigenvalue weighted by atomic mass is 10.3. The van der Waals surface area contributed by atoms with E-state index in [4.69, 9.17) is 5.73 Å². The number of aryl methyl sites for hydroxylation is 2. The first-order valence-corrected chi connectivity index (χ1v) is 7.01. The van der Waals surface area contributed by atoms with Crippen molar-refractivity contribution in [1.29, 1.82) is 0 Å². The molecule has 1 amide bonds. The zero-order valence-corrected chi connectivity index (χ0v) is 11.7. The number of nitrogens with zero attached hydrogens (tertiary/aromatic N) is 4. The van der Waals surface area contributed by atoms with Crippen LogP contribution >= 0.6 is 0 Å². The minimum Gasteiger partial charge on any atom is -0.369 e. The maximum atomic E-state index is 12.1. The van der Waals surface area contributed by atoms with Gasteiger partial charge in [-0.25, -0.2) is 9.97 Å². The number of hydrogen-bond acceptors (Lipinski definition) is 4. The Balaban J connectivity index is 1.77. The quantitative estimate of drug-likeness (QED) is 0.915. The van der Waals surface area contributed by atoms with E-state index < -0.39 is 0 Å². The Morgan fingerprint density at radius 1 is 1.40 bits per heavy atom. The van der Waals surface area contributed by atoms with E-state index in [-0.39, 0.29) is 5.91 Å². The van der Waals surface area contributed by atoms with E-state index in [0.29, 0.717) is 18.9 Å². The number of aromatic nitrogens is 3. The molecule has 1 aliphatic rings. The van der Waals surface area contributed by atoms with Gasteiger partial charge >= 0.3 is 0 Å². The molecule has 1 saturated heterocycles. The van der Waals surface area contributed by atoms with Gasteiger partial charge in [-0.15, -0.1) is 0 Å². The second kappa shape index (κ2) is 5.11. The average Bonchev–Trinajstić information content (AvgIpc) is 3.03. The molecule has 2 aromatic rings. The van der Waals surface area contributed by atoms with Gasteiger partial charge in [-0.1, -0.05) is 0 Å². The monoisotopic (exact) mass is 273 g/mol. The number of imidazole rings is 1. The standard InChI is InChI=1S/C14H19N5O/c1-10-8-11-13(16-9-10)19(14(15)17-11)7-4-12(20)18-5-2-3-6-18/h8-9H,2-7H2,1H3,(H2,15,17). The second-order valence-corrected chi connectivity index (χ2v) is 5.31. The molecule has 2 aromatic heterocycles. The predicted molar refractivity (Wildman–Crippen MR) is 77.1 cm³/mol. The molecule has 0 atom stereocenters. The molecule has 6 heteroatoms. The third kappa shape index (κ3) is 2.33. The zero-order valence-electron chi connectivity index (χ0n) is 11.7. The first kappa shape index (κ1) is 12.9. The Morgan fingerprint density at radius 2 is 2.15 bits per heavy atom. The van der Waals surface area contributed by atoms with Gasteiger partial charge in [0.2, 0.25) is 11.9 Å². The number of nitrogen functional groups attached to an aromatic ring is 1. The Labute approximate surface area is 117 Å². The Bertz CT molecular complexity index is 642. The summed E-state index contributed by atoms with van der Waals surface area (Å²) in [5, 5.41) is 0. The first-order valence-electron chi connectivity index (χ1n) is 7.01. The van der Waals surface area contributed by atoms with Crippen LogP contribution in [0, 0.1) is 6.92 Å². The fraction of sp³-hybridized carbons (Fsp3) is 0.500. The SMILES string of the molecule is Cc1cnc2c(c1)nc(N)n2CCC(=O)N1CCCC1. The Kier molecular flexibility index (Phi) is 3.30. The molecule has 2 N–H and O–H groups in total. The topological polar surface area (TPSA) is 77.0 Å². The summed E-state index contributed by atoms with van der Waals surface area (Å²) in [5.41, 5.74) is 8.52. The molecule has 0 aliphatic carbocycles. The van der Waals surface area contributed by atoms with E-state index in [1.165, 1.54) is 0 Å². The van der Waals surface area contributed by atoms with Gasteiger partial charge in [0.1, 0.15) is 5.52 Å². The molecule has 106 valence electrons. The third-order valence-electron chi connectivity index (χ3n) is 3.76. The zero-order chi connectivity index (χ0) is 14.1. The molecule has 0 radical (unpaired) electrons. The summed E-state index contributed by atoms with van der Waals surface area (Å²) in [7, 11) is 0. The molecule has 0 spiro atoms. The summed E-state index contributed by atoms with van der Waals surface area (Å²) >= 11 is 0. The van der Waals surface area contributed by atoms with E-state index in [1.54, 1.807) is 6.20 Å². The highest BCUT2D eigenvalue weighted by molar-refractivity contribution is 5.77. The molecular weight excluding hydrogens is 254 g/mol. The minimum atomic E-state index is 0.191. The fourth-order valence-corrected chi connectivity index (χ4v) is 2.68. The molecule has 0 aromatic carbocycles. The maximum Gasteiger partial charge on any atom is 0.224 e. The molecule has 0 bridgehead atoms. The van der Waals surface area contributed by atoms with E-state index in [2.05, 4.69) is 9.97 Å². The van der Waals surface area contributed by atoms with Crippen molar-refractivity contribution in [3.05, 3.63) is 17.8 Å². The third-order valence-corrected chi connectivity index (χ3v) is 3.76. The normalized spacial score (nSPS) is 15.2. The van der Waals surface area contributed by atoms with Crippen molar-refractivity contribution in [2.45, 2.75) is 32.7 Å². The van der Waals surface area contributed by atoms with Crippen LogP contribution in [0.2, 0.25) is 0 Å². The van der Waals surface area contributed by atoms with Gasteiger partial charge in [0.05, 0.1) is 0 Å². The lowest BCUT2D eigenvalue weighted by Gasteiger charge is -2.15. The van der Waals surface area contributed by atoms with Gasteiger partial charge in [-0.3, -0.25) is 9.36 Å². The van der Waals surface area contributed by atoms with Gasteiger partial charge in [0, 0.05) is 32.3 Å². The maximum absolute atomic E-state index is 12.1. The number of likely N-dealkylation sites (tertiary alicyclic amines) is 1. The van der Waals surface area contributed by atoms with Crippen molar-refractivity contribution in [1.82, 2.24) is 19.4 Å². The molecular formula is C14H19N5O. The van der Waals surface area contributed by atoms with Gasteiger partial charge < -0.3 is 10.6 Å². The molecule has 3 heterocycles. The van der Waals surface area contributed by atoms with Crippen LogP contribution in [-0.2, 0) is 11.3 Å². The predicted octanol–water partition coefficient (Wildman–Crippen LogP) is 1.33. The molecule has 20 heavy (non-hydrogen) atoms. The molecule has 1 aliphatic heterocycles. The average molecular weight is 273 g/mol. The Hall–Kier alpha value is -2.11. The molecule has 6 nitrogen and oxygen atoms in total. The number of carbonyl (C=O) groups excluding carboxylic acids is 1. The van der Waals surface area contributed by atoms with E-state index >= 15 is 0 Å². The van der Waals surface area contributed by atoms with Crippen LogP contribution in [0.1, 0.15) is 24.8 Å². The smallest absolute Gasteiger partial charge is 0.224 e. The number of nitrogens with two attached hydrogens (primary N) is 1. The van der Waals surface area contributed by atoms with E-state index in [9.17, 15) is 4.79 Å². The number of anilines is 1. The Morgan fingerprint density at radius 3 is 2.90 bits per heavy atom. The highest BCUT2D eigenvalue weighted by atomic mass is 16.2. The van der Waals surface area contributed by atoms with Gasteiger partial charge in [0.25, 0.3) is 0 Å². The lowest BCUT2D eigenvalue weighted by Crippen LogP contribution is -2.28. The van der Waals surface area contributed by atoms with Crippen LogP contribution in [0.4, 0.5) is 5.95 Å². The van der Waals surface area contributed by atoms with Crippen molar-refractivity contribution in [2.24, 2.45) is 0 Å². The number of carbonyl (C=O) groups is 1. The molecule has 0 saturated carbocycles. The highest BCUT2D eigenvalue weighted by Gasteiger charge is 2.18. The minimum absolute atomic E-state index is 0.191. The van der Waals surface area contributed by atoms with Gasteiger partial charge in [-0.05, 0) is 31.4 Å². The number of fused-ring (bicyclic) bond motifs is 1. The number of pyridine rings is 1. The number of hydrogen-bond donors (Lipinski definition) is 1. The molecule has 0 unspecified atom stereocenters. The van der Waals surface area contributed by atoms with Gasteiger partial charge in [0.15, 0.2) is 5.65 Å². The van der Waals surface area contributed by atoms with Crippen LogP contribution in [0.5, 0.6) is 0 Å². The van der Waals surface area contributed by atoms with Crippen molar-refractivity contribution >= 4 is 23.0 Å². The molecule has 1 fully saturated rings.